The largest absolute Gasteiger partial charge is 0.303 e. The first kappa shape index (κ1) is 12.4. The van der Waals surface area contributed by atoms with Crippen LogP contribution in [-0.2, 0) is 13.0 Å². The van der Waals surface area contributed by atoms with Crippen LogP contribution in [0, 0.1) is 3.57 Å². The zero-order chi connectivity index (χ0) is 11.4. The van der Waals surface area contributed by atoms with E-state index in [-0.39, 0.29) is 0 Å². The summed E-state index contributed by atoms with van der Waals surface area (Å²) in [7, 11) is 0. The van der Waals surface area contributed by atoms with Crippen LogP contribution in [0.2, 0.25) is 0 Å². The molecule has 1 aliphatic heterocycles. The van der Waals surface area contributed by atoms with Gasteiger partial charge in [0.05, 0.1) is 9.26 Å². The summed E-state index contributed by atoms with van der Waals surface area (Å²) in [6, 6.07) is 0. The highest BCUT2D eigenvalue weighted by Crippen LogP contribution is 2.12. The molecule has 1 aliphatic rings. The summed E-state index contributed by atoms with van der Waals surface area (Å²) < 4.78 is 3.41. The summed E-state index contributed by atoms with van der Waals surface area (Å²) in [5.74, 6) is 0. The Morgan fingerprint density at radius 2 is 2.06 bits per heavy atom. The highest BCUT2D eigenvalue weighted by atomic mass is 127. The summed E-state index contributed by atoms with van der Waals surface area (Å²) in [6.45, 7) is 7.07. The van der Waals surface area contributed by atoms with E-state index in [1.807, 2.05) is 0 Å². The van der Waals surface area contributed by atoms with Gasteiger partial charge in [-0.25, -0.2) is 0 Å². The summed E-state index contributed by atoms with van der Waals surface area (Å²) in [5.41, 5.74) is 1.24. The van der Waals surface area contributed by atoms with Crippen LogP contribution in [0.25, 0.3) is 0 Å². The van der Waals surface area contributed by atoms with Crippen LogP contribution < -0.4 is 0 Å². The van der Waals surface area contributed by atoms with Crippen LogP contribution in [-0.4, -0.2) is 34.3 Å². The molecule has 4 heteroatoms. The minimum absolute atomic E-state index is 1.04. The first-order chi connectivity index (χ1) is 7.79. The van der Waals surface area contributed by atoms with Crippen LogP contribution in [0.1, 0.15) is 31.9 Å². The van der Waals surface area contributed by atoms with Gasteiger partial charge in [-0.05, 0) is 67.9 Å². The minimum atomic E-state index is 1.04. The molecule has 0 radical (unpaired) electrons. The van der Waals surface area contributed by atoms with Gasteiger partial charge in [-0.2, -0.15) is 5.10 Å². The fraction of sp³-hybridized carbons (Fsp3) is 0.750. The lowest BCUT2D eigenvalue weighted by atomic mass is 10.3. The van der Waals surface area contributed by atoms with Crippen molar-refractivity contribution < 1.29 is 0 Å². The van der Waals surface area contributed by atoms with Crippen molar-refractivity contribution in [2.24, 2.45) is 0 Å². The molecule has 0 spiro atoms. The molecule has 0 aliphatic carbocycles. The molecule has 0 saturated carbocycles. The molecule has 0 atom stereocenters. The first-order valence-electron chi connectivity index (χ1n) is 6.24. The van der Waals surface area contributed by atoms with Gasteiger partial charge in [-0.1, -0.05) is 6.92 Å². The average molecular weight is 333 g/mol. The summed E-state index contributed by atoms with van der Waals surface area (Å²) >= 11 is 2.38. The van der Waals surface area contributed by atoms with Crippen molar-refractivity contribution in [1.82, 2.24) is 14.7 Å². The third kappa shape index (κ3) is 3.20. The van der Waals surface area contributed by atoms with Gasteiger partial charge in [-0.15, -0.1) is 0 Å². The van der Waals surface area contributed by atoms with Crippen molar-refractivity contribution in [3.05, 3.63) is 15.5 Å². The highest BCUT2D eigenvalue weighted by molar-refractivity contribution is 14.1. The Morgan fingerprint density at radius 3 is 2.69 bits per heavy atom. The monoisotopic (exact) mass is 333 g/mol. The molecular formula is C12H20IN3. The van der Waals surface area contributed by atoms with Gasteiger partial charge in [0.1, 0.15) is 0 Å². The van der Waals surface area contributed by atoms with Gasteiger partial charge < -0.3 is 4.90 Å². The lowest BCUT2D eigenvalue weighted by Gasteiger charge is -2.13. The van der Waals surface area contributed by atoms with E-state index in [0.717, 1.165) is 13.0 Å². The third-order valence-electron chi connectivity index (χ3n) is 3.18. The Morgan fingerprint density at radius 1 is 1.31 bits per heavy atom. The van der Waals surface area contributed by atoms with E-state index in [1.54, 1.807) is 0 Å². The second kappa shape index (κ2) is 6.00. The zero-order valence-electron chi connectivity index (χ0n) is 9.95. The van der Waals surface area contributed by atoms with Crippen LogP contribution in [0.15, 0.2) is 6.20 Å². The predicted molar refractivity (Wildman–Crippen MR) is 74.6 cm³/mol. The molecule has 2 rings (SSSR count). The minimum Gasteiger partial charge on any atom is -0.303 e. The molecule has 0 aromatic carbocycles. The maximum atomic E-state index is 4.58. The molecule has 0 unspecified atom stereocenters. The standard InChI is InChI=1S/C12H20IN3/c1-2-12-11(13)10-16(14-12)9-5-8-15-6-3-4-7-15/h10H,2-9H2,1H3. The molecule has 3 nitrogen and oxygen atoms in total. The maximum absolute atomic E-state index is 4.58. The topological polar surface area (TPSA) is 21.1 Å². The molecule has 0 bridgehead atoms. The van der Waals surface area contributed by atoms with E-state index in [2.05, 4.69) is 50.4 Å². The SMILES string of the molecule is CCc1nn(CCCN2CCCC2)cc1I. The Balaban J connectivity index is 1.75. The quantitative estimate of drug-likeness (QED) is 0.772. The van der Waals surface area contributed by atoms with Crippen LogP contribution in [0.4, 0.5) is 0 Å². The molecule has 90 valence electrons. The molecule has 0 N–H and O–H groups in total. The molecule has 1 fully saturated rings. The maximum Gasteiger partial charge on any atom is 0.0755 e. The summed E-state index contributed by atoms with van der Waals surface area (Å²) in [5, 5.41) is 4.58. The Labute approximate surface area is 111 Å². The number of halogens is 1. The van der Waals surface area contributed by atoms with E-state index in [4.69, 9.17) is 0 Å². The molecule has 1 saturated heterocycles. The molecule has 1 aromatic heterocycles. The van der Waals surface area contributed by atoms with E-state index < -0.39 is 0 Å². The van der Waals surface area contributed by atoms with Crippen molar-refractivity contribution in [3.63, 3.8) is 0 Å². The van der Waals surface area contributed by atoms with Crippen molar-refractivity contribution >= 4 is 22.6 Å². The number of nitrogens with zero attached hydrogens (tertiary/aromatic N) is 3. The second-order valence-electron chi connectivity index (χ2n) is 4.44. The Kier molecular flexibility index (Phi) is 4.64. The van der Waals surface area contributed by atoms with E-state index >= 15 is 0 Å². The number of likely N-dealkylation sites (tertiary alicyclic amines) is 1. The Bertz CT molecular complexity index is 329. The van der Waals surface area contributed by atoms with Gasteiger partial charge in [-0.3, -0.25) is 4.68 Å². The van der Waals surface area contributed by atoms with Crippen molar-refractivity contribution in [2.75, 3.05) is 19.6 Å². The number of hydrogen-bond donors (Lipinski definition) is 0. The average Bonchev–Trinajstić information content (AvgIpc) is 2.88. The molecular weight excluding hydrogens is 313 g/mol. The van der Waals surface area contributed by atoms with E-state index in [1.165, 1.54) is 48.2 Å². The first-order valence-corrected chi connectivity index (χ1v) is 7.31. The highest BCUT2D eigenvalue weighted by Gasteiger charge is 2.10. The van der Waals surface area contributed by atoms with E-state index in [0.29, 0.717) is 0 Å². The van der Waals surface area contributed by atoms with Gasteiger partial charge in [0, 0.05) is 12.7 Å². The smallest absolute Gasteiger partial charge is 0.0755 e. The second-order valence-corrected chi connectivity index (χ2v) is 5.60. The summed E-state index contributed by atoms with van der Waals surface area (Å²) in [4.78, 5) is 2.56. The number of rotatable bonds is 5. The lowest BCUT2D eigenvalue weighted by Crippen LogP contribution is -2.21. The summed E-state index contributed by atoms with van der Waals surface area (Å²) in [6.07, 6.45) is 7.21. The number of aryl methyl sites for hydroxylation is 2. The number of aromatic nitrogens is 2. The van der Waals surface area contributed by atoms with Crippen molar-refractivity contribution in [1.29, 1.82) is 0 Å². The van der Waals surface area contributed by atoms with Crippen molar-refractivity contribution in [2.45, 2.75) is 39.2 Å². The normalized spacial score (nSPS) is 17.1. The van der Waals surface area contributed by atoms with Crippen LogP contribution in [0.5, 0.6) is 0 Å². The zero-order valence-corrected chi connectivity index (χ0v) is 12.1. The number of hydrogen-bond acceptors (Lipinski definition) is 2. The van der Waals surface area contributed by atoms with Gasteiger partial charge in [0.25, 0.3) is 0 Å². The fourth-order valence-corrected chi connectivity index (χ4v) is 3.06. The van der Waals surface area contributed by atoms with Gasteiger partial charge in [0.15, 0.2) is 0 Å². The third-order valence-corrected chi connectivity index (χ3v) is 4.08. The van der Waals surface area contributed by atoms with E-state index in [9.17, 15) is 0 Å². The predicted octanol–water partition coefficient (Wildman–Crippen LogP) is 2.54. The van der Waals surface area contributed by atoms with Gasteiger partial charge in [0.2, 0.25) is 0 Å². The molecule has 0 amide bonds. The molecule has 16 heavy (non-hydrogen) atoms. The Hall–Kier alpha value is -0.100. The molecule has 1 aromatic rings. The molecule has 2 heterocycles. The lowest BCUT2D eigenvalue weighted by molar-refractivity contribution is 0.322. The van der Waals surface area contributed by atoms with Crippen molar-refractivity contribution in [3.8, 4) is 0 Å². The fourth-order valence-electron chi connectivity index (χ4n) is 2.25. The van der Waals surface area contributed by atoms with Crippen LogP contribution >= 0.6 is 22.6 Å². The van der Waals surface area contributed by atoms with Crippen LogP contribution in [0.3, 0.4) is 0 Å². The van der Waals surface area contributed by atoms with Gasteiger partial charge >= 0.3 is 0 Å².